The normalized spacial score (nSPS) is 29.6. The molecular formula is C17H31NO4. The van der Waals surface area contributed by atoms with Gasteiger partial charge in [0, 0.05) is 31.3 Å². The van der Waals surface area contributed by atoms with Gasteiger partial charge in [-0.2, -0.15) is 0 Å². The van der Waals surface area contributed by atoms with Gasteiger partial charge in [0.2, 0.25) is 5.91 Å². The van der Waals surface area contributed by atoms with Crippen LogP contribution in [0.3, 0.4) is 0 Å². The lowest BCUT2D eigenvalue weighted by molar-refractivity contribution is -0.159. The molecule has 0 unspecified atom stereocenters. The topological polar surface area (TPSA) is 67.8 Å². The zero-order valence-electron chi connectivity index (χ0n) is 14.2. The Labute approximate surface area is 133 Å². The molecule has 1 aliphatic heterocycles. The van der Waals surface area contributed by atoms with E-state index in [2.05, 4.69) is 19.2 Å². The summed E-state index contributed by atoms with van der Waals surface area (Å²) >= 11 is 0. The largest absolute Gasteiger partial charge is 0.395 e. The van der Waals surface area contributed by atoms with Crippen molar-refractivity contribution in [3.63, 3.8) is 0 Å². The molecule has 2 atom stereocenters. The molecule has 0 spiro atoms. The van der Waals surface area contributed by atoms with Crippen LogP contribution in [0.5, 0.6) is 0 Å². The van der Waals surface area contributed by atoms with Gasteiger partial charge in [0.25, 0.3) is 0 Å². The molecule has 1 heterocycles. The molecule has 0 aromatic heterocycles. The summed E-state index contributed by atoms with van der Waals surface area (Å²) in [5, 5.41) is 13.0. The van der Waals surface area contributed by atoms with Crippen molar-refractivity contribution in [1.82, 2.24) is 5.32 Å². The highest BCUT2D eigenvalue weighted by molar-refractivity contribution is 5.83. The number of hydrogen-bond acceptors (Lipinski definition) is 4. The van der Waals surface area contributed by atoms with E-state index in [1.165, 1.54) is 0 Å². The lowest BCUT2D eigenvalue weighted by Crippen LogP contribution is -2.66. The van der Waals surface area contributed by atoms with E-state index in [0.717, 1.165) is 19.3 Å². The van der Waals surface area contributed by atoms with Crippen LogP contribution in [0.15, 0.2) is 0 Å². The van der Waals surface area contributed by atoms with Gasteiger partial charge in [-0.05, 0) is 39.0 Å². The second-order valence-corrected chi connectivity index (χ2v) is 6.70. The third kappa shape index (κ3) is 2.91. The third-order valence-electron chi connectivity index (χ3n) is 6.01. The SMILES string of the molecule is CCO[C@@H]1C[C@H](NC(=O)C2(CO)CCOCC2)C1(CC)CC. The molecule has 1 saturated carbocycles. The van der Waals surface area contributed by atoms with Crippen molar-refractivity contribution in [2.24, 2.45) is 10.8 Å². The van der Waals surface area contributed by atoms with Crippen LogP contribution in [0.25, 0.3) is 0 Å². The van der Waals surface area contributed by atoms with E-state index in [9.17, 15) is 9.90 Å². The number of carbonyl (C=O) groups is 1. The Morgan fingerprint density at radius 3 is 2.41 bits per heavy atom. The molecular weight excluding hydrogens is 282 g/mol. The van der Waals surface area contributed by atoms with Crippen molar-refractivity contribution in [3.8, 4) is 0 Å². The average Bonchev–Trinajstić information content (AvgIpc) is 2.55. The fraction of sp³-hybridized carbons (Fsp3) is 0.941. The molecule has 5 heteroatoms. The number of ether oxygens (including phenoxy) is 2. The number of aliphatic hydroxyl groups excluding tert-OH is 1. The van der Waals surface area contributed by atoms with Crippen LogP contribution < -0.4 is 5.32 Å². The molecule has 2 fully saturated rings. The van der Waals surface area contributed by atoms with Gasteiger partial charge < -0.3 is 19.9 Å². The van der Waals surface area contributed by atoms with Gasteiger partial charge in [-0.15, -0.1) is 0 Å². The second-order valence-electron chi connectivity index (χ2n) is 6.70. The Balaban J connectivity index is 2.04. The predicted molar refractivity (Wildman–Crippen MR) is 84.5 cm³/mol. The van der Waals surface area contributed by atoms with Crippen LogP contribution in [0, 0.1) is 10.8 Å². The first-order valence-corrected chi connectivity index (χ1v) is 8.69. The summed E-state index contributed by atoms with van der Waals surface area (Å²) in [4.78, 5) is 12.8. The van der Waals surface area contributed by atoms with Crippen LogP contribution in [0.4, 0.5) is 0 Å². The monoisotopic (exact) mass is 313 g/mol. The first-order valence-electron chi connectivity index (χ1n) is 8.69. The zero-order chi connectivity index (χ0) is 16.2. The lowest BCUT2D eigenvalue weighted by atomic mass is 9.58. The highest BCUT2D eigenvalue weighted by Crippen LogP contribution is 2.49. The summed E-state index contributed by atoms with van der Waals surface area (Å²) in [7, 11) is 0. The zero-order valence-corrected chi connectivity index (χ0v) is 14.2. The Morgan fingerprint density at radius 1 is 1.27 bits per heavy atom. The smallest absolute Gasteiger partial charge is 0.228 e. The first kappa shape index (κ1) is 17.7. The van der Waals surface area contributed by atoms with E-state index >= 15 is 0 Å². The molecule has 2 rings (SSSR count). The van der Waals surface area contributed by atoms with Crippen molar-refractivity contribution in [3.05, 3.63) is 0 Å². The number of carbonyl (C=O) groups excluding carboxylic acids is 1. The van der Waals surface area contributed by atoms with E-state index in [1.54, 1.807) is 0 Å². The molecule has 22 heavy (non-hydrogen) atoms. The minimum atomic E-state index is -0.665. The van der Waals surface area contributed by atoms with Gasteiger partial charge in [-0.1, -0.05) is 13.8 Å². The fourth-order valence-corrected chi connectivity index (χ4v) is 4.11. The minimum Gasteiger partial charge on any atom is -0.395 e. The molecule has 1 amide bonds. The summed E-state index contributed by atoms with van der Waals surface area (Å²) < 4.78 is 11.2. The van der Waals surface area contributed by atoms with Crippen molar-refractivity contribution >= 4 is 5.91 Å². The average molecular weight is 313 g/mol. The van der Waals surface area contributed by atoms with E-state index in [0.29, 0.717) is 32.7 Å². The number of hydrogen-bond donors (Lipinski definition) is 2. The Bertz CT molecular complexity index is 375. The van der Waals surface area contributed by atoms with E-state index < -0.39 is 5.41 Å². The Morgan fingerprint density at radius 2 is 1.91 bits per heavy atom. The van der Waals surface area contributed by atoms with Gasteiger partial charge in [0.15, 0.2) is 0 Å². The summed E-state index contributed by atoms with van der Waals surface area (Å²) in [5.41, 5.74) is -0.629. The molecule has 0 radical (unpaired) electrons. The minimum absolute atomic E-state index is 0.00970. The lowest BCUT2D eigenvalue weighted by Gasteiger charge is -2.56. The van der Waals surface area contributed by atoms with Gasteiger partial charge in [0.1, 0.15) is 0 Å². The number of amides is 1. The predicted octanol–water partition coefficient (Wildman–Crippen LogP) is 1.88. The Hall–Kier alpha value is -0.650. The van der Waals surface area contributed by atoms with E-state index in [-0.39, 0.29) is 30.1 Å². The van der Waals surface area contributed by atoms with Gasteiger partial charge in [0.05, 0.1) is 18.1 Å². The highest BCUT2D eigenvalue weighted by Gasteiger charge is 2.55. The first-order chi connectivity index (χ1) is 10.6. The Kier molecular flexibility index (Phi) is 5.86. The molecule has 0 aromatic carbocycles. The molecule has 0 bridgehead atoms. The van der Waals surface area contributed by atoms with Crippen LogP contribution in [-0.2, 0) is 14.3 Å². The standard InChI is InChI=1S/C17H31NO4/c1-4-17(5-2)13(11-14(17)22-6-3)18-15(20)16(12-19)7-9-21-10-8-16/h13-14,19H,4-12H2,1-3H3,(H,18,20)/t13-,14+/m0/s1. The van der Waals surface area contributed by atoms with E-state index in [1.807, 2.05) is 6.92 Å². The maximum atomic E-state index is 12.8. The van der Waals surface area contributed by atoms with Crippen molar-refractivity contribution in [2.75, 3.05) is 26.4 Å². The van der Waals surface area contributed by atoms with Crippen LogP contribution in [0.1, 0.15) is 52.9 Å². The van der Waals surface area contributed by atoms with Crippen LogP contribution in [-0.4, -0.2) is 49.6 Å². The second kappa shape index (κ2) is 7.28. The number of nitrogens with one attached hydrogen (secondary N) is 1. The maximum absolute atomic E-state index is 12.8. The molecule has 128 valence electrons. The molecule has 2 N–H and O–H groups in total. The molecule has 5 nitrogen and oxygen atoms in total. The fourth-order valence-electron chi connectivity index (χ4n) is 4.11. The third-order valence-corrected chi connectivity index (χ3v) is 6.01. The molecule has 1 saturated heterocycles. The summed E-state index contributed by atoms with van der Waals surface area (Å²) in [6, 6.07) is 0.151. The van der Waals surface area contributed by atoms with Gasteiger partial charge in [-0.3, -0.25) is 4.79 Å². The van der Waals surface area contributed by atoms with Crippen LogP contribution in [0.2, 0.25) is 0 Å². The number of aliphatic hydroxyl groups is 1. The molecule has 1 aliphatic carbocycles. The summed E-state index contributed by atoms with van der Waals surface area (Å²) in [5.74, 6) is -0.00970. The number of rotatable bonds is 7. The van der Waals surface area contributed by atoms with Gasteiger partial charge in [-0.25, -0.2) is 0 Å². The van der Waals surface area contributed by atoms with Gasteiger partial charge >= 0.3 is 0 Å². The van der Waals surface area contributed by atoms with E-state index in [4.69, 9.17) is 9.47 Å². The summed E-state index contributed by atoms with van der Waals surface area (Å²) in [6.45, 7) is 8.07. The maximum Gasteiger partial charge on any atom is 0.228 e. The molecule has 0 aromatic rings. The quantitative estimate of drug-likeness (QED) is 0.753. The highest BCUT2D eigenvalue weighted by atomic mass is 16.5. The van der Waals surface area contributed by atoms with Crippen molar-refractivity contribution in [2.45, 2.75) is 65.0 Å². The molecule has 2 aliphatic rings. The van der Waals surface area contributed by atoms with Crippen LogP contribution >= 0.6 is 0 Å². The van der Waals surface area contributed by atoms with Crippen molar-refractivity contribution in [1.29, 1.82) is 0 Å². The summed E-state index contributed by atoms with van der Waals surface area (Å²) in [6.07, 6.45) is 4.30. The van der Waals surface area contributed by atoms with Crippen molar-refractivity contribution < 1.29 is 19.4 Å².